The van der Waals surface area contributed by atoms with E-state index in [0.717, 1.165) is 11.3 Å². The van der Waals surface area contributed by atoms with E-state index < -0.39 is 9.84 Å². The Kier molecular flexibility index (Phi) is 3.71. The molecule has 0 aromatic heterocycles. The Morgan fingerprint density at radius 2 is 2.00 bits per heavy atom. The van der Waals surface area contributed by atoms with Gasteiger partial charge in [0, 0.05) is 37.0 Å². The quantitative estimate of drug-likeness (QED) is 0.830. The fourth-order valence-electron chi connectivity index (χ4n) is 2.23. The Morgan fingerprint density at radius 1 is 1.28 bits per heavy atom. The summed E-state index contributed by atoms with van der Waals surface area (Å²) in [6, 6.07) is 7.52. The molecule has 0 aliphatic carbocycles. The highest BCUT2D eigenvalue weighted by Gasteiger charge is 2.22. The van der Waals surface area contributed by atoms with Crippen molar-refractivity contribution in [2.75, 3.05) is 30.0 Å². The van der Waals surface area contributed by atoms with Gasteiger partial charge < -0.3 is 4.90 Å². The van der Waals surface area contributed by atoms with Crippen LogP contribution in [0.1, 0.15) is 23.2 Å². The van der Waals surface area contributed by atoms with Gasteiger partial charge in [-0.1, -0.05) is 12.1 Å². The molecule has 1 aliphatic rings. The van der Waals surface area contributed by atoms with Crippen LogP contribution < -0.4 is 4.90 Å². The molecule has 4 nitrogen and oxygen atoms in total. The van der Waals surface area contributed by atoms with Gasteiger partial charge in [0.1, 0.15) is 9.84 Å². The number of hydrogen-bond acceptors (Lipinski definition) is 4. The van der Waals surface area contributed by atoms with Gasteiger partial charge in [-0.05, 0) is 18.6 Å². The number of ketones is 1. The highest BCUT2D eigenvalue weighted by molar-refractivity contribution is 7.90. The van der Waals surface area contributed by atoms with E-state index in [-0.39, 0.29) is 11.5 Å². The maximum Gasteiger partial charge on any atom is 0.166 e. The number of hydrogen-bond donors (Lipinski definition) is 0. The van der Waals surface area contributed by atoms with Crippen molar-refractivity contribution >= 4 is 21.3 Å². The van der Waals surface area contributed by atoms with Crippen LogP contribution in [0.3, 0.4) is 0 Å². The molecule has 1 aromatic rings. The number of Topliss-reactive ketones (excluding diaryl/α,β-unsaturated/α-hetero) is 1. The molecule has 0 N–H and O–H groups in total. The maximum absolute atomic E-state index is 11.7. The molecule has 1 aliphatic heterocycles. The highest BCUT2D eigenvalue weighted by atomic mass is 32.2. The van der Waals surface area contributed by atoms with Crippen molar-refractivity contribution in [1.29, 1.82) is 0 Å². The van der Waals surface area contributed by atoms with Crippen molar-refractivity contribution < 1.29 is 13.2 Å². The molecule has 0 saturated heterocycles. The van der Waals surface area contributed by atoms with Crippen LogP contribution in [-0.4, -0.2) is 39.3 Å². The van der Waals surface area contributed by atoms with Crippen molar-refractivity contribution in [1.82, 2.24) is 0 Å². The fraction of sp³-hybridized carbons (Fsp3) is 0.462. The molecule has 0 fully saturated rings. The minimum atomic E-state index is -2.91. The number of para-hydroxylation sites is 1. The first-order valence-corrected chi connectivity index (χ1v) is 8.08. The Balaban J connectivity index is 2.07. The molecule has 2 rings (SSSR count). The van der Waals surface area contributed by atoms with Gasteiger partial charge in [-0.15, -0.1) is 0 Å². The van der Waals surface area contributed by atoms with Gasteiger partial charge in [0.25, 0.3) is 0 Å². The van der Waals surface area contributed by atoms with Gasteiger partial charge in [0.2, 0.25) is 0 Å². The van der Waals surface area contributed by atoms with Crippen molar-refractivity contribution in [3.63, 3.8) is 0 Å². The number of anilines is 1. The lowest BCUT2D eigenvalue weighted by Gasteiger charge is -2.30. The smallest absolute Gasteiger partial charge is 0.166 e. The topological polar surface area (TPSA) is 54.5 Å². The van der Waals surface area contributed by atoms with Gasteiger partial charge >= 0.3 is 0 Å². The van der Waals surface area contributed by atoms with Gasteiger partial charge in [0.15, 0.2) is 5.78 Å². The first-order valence-electron chi connectivity index (χ1n) is 6.02. The van der Waals surface area contributed by atoms with Crippen LogP contribution in [0.5, 0.6) is 0 Å². The van der Waals surface area contributed by atoms with E-state index in [1.165, 1.54) is 6.26 Å². The highest BCUT2D eigenvalue weighted by Crippen LogP contribution is 2.26. The van der Waals surface area contributed by atoms with E-state index >= 15 is 0 Å². The van der Waals surface area contributed by atoms with E-state index in [1.54, 1.807) is 0 Å². The number of rotatable bonds is 4. The summed E-state index contributed by atoms with van der Waals surface area (Å²) in [5, 5.41) is 0. The Labute approximate surface area is 108 Å². The molecule has 0 bridgehead atoms. The summed E-state index contributed by atoms with van der Waals surface area (Å²) < 4.78 is 22.2. The maximum atomic E-state index is 11.7. The molecule has 0 atom stereocenters. The molecule has 1 aromatic carbocycles. The third-order valence-corrected chi connectivity index (χ3v) is 4.13. The first kappa shape index (κ1) is 13.1. The number of fused-ring (bicyclic) bond motifs is 1. The minimum Gasteiger partial charge on any atom is -0.370 e. The van der Waals surface area contributed by atoms with Crippen LogP contribution in [0.2, 0.25) is 0 Å². The van der Waals surface area contributed by atoms with Crippen molar-refractivity contribution in [3.05, 3.63) is 29.8 Å². The second-order valence-electron chi connectivity index (χ2n) is 4.66. The summed E-state index contributed by atoms with van der Waals surface area (Å²) in [6.45, 7) is 1.36. The summed E-state index contributed by atoms with van der Waals surface area (Å²) >= 11 is 0. The molecule has 98 valence electrons. The van der Waals surface area contributed by atoms with E-state index in [2.05, 4.69) is 4.90 Å². The van der Waals surface area contributed by atoms with E-state index in [4.69, 9.17) is 0 Å². The average molecular weight is 267 g/mol. The lowest BCUT2D eigenvalue weighted by Crippen LogP contribution is -2.33. The number of sulfone groups is 1. The first-order chi connectivity index (χ1) is 8.47. The predicted octanol–water partition coefficient (Wildman–Crippen LogP) is 1.51. The largest absolute Gasteiger partial charge is 0.370 e. The SMILES string of the molecule is CS(=O)(=O)CCCN1CCC(=O)c2ccccc21. The zero-order valence-corrected chi connectivity index (χ0v) is 11.2. The second kappa shape index (κ2) is 5.10. The van der Waals surface area contributed by atoms with Crippen LogP contribution in [0.15, 0.2) is 24.3 Å². The zero-order valence-electron chi connectivity index (χ0n) is 10.4. The molecule has 0 unspecified atom stereocenters. The lowest BCUT2D eigenvalue weighted by atomic mass is 10.0. The number of carbonyl (C=O) groups is 1. The van der Waals surface area contributed by atoms with Crippen molar-refractivity contribution in [3.8, 4) is 0 Å². The molecular formula is C13H17NO3S. The lowest BCUT2D eigenvalue weighted by molar-refractivity contribution is 0.0980. The molecule has 1 heterocycles. The van der Waals surface area contributed by atoms with Crippen LogP contribution in [-0.2, 0) is 9.84 Å². The molecule has 0 saturated carbocycles. The van der Waals surface area contributed by atoms with E-state index in [1.807, 2.05) is 24.3 Å². The monoisotopic (exact) mass is 267 g/mol. The Bertz CT molecular complexity index is 551. The van der Waals surface area contributed by atoms with Gasteiger partial charge in [0.05, 0.1) is 5.75 Å². The predicted molar refractivity (Wildman–Crippen MR) is 71.9 cm³/mol. The van der Waals surface area contributed by atoms with Gasteiger partial charge in [-0.3, -0.25) is 4.79 Å². The summed E-state index contributed by atoms with van der Waals surface area (Å²) in [4.78, 5) is 13.8. The fourth-order valence-corrected chi connectivity index (χ4v) is 2.88. The van der Waals surface area contributed by atoms with Crippen LogP contribution in [0.4, 0.5) is 5.69 Å². The second-order valence-corrected chi connectivity index (χ2v) is 6.92. The molecule has 5 heteroatoms. The van der Waals surface area contributed by atoms with E-state index in [0.29, 0.717) is 25.9 Å². The third-order valence-electron chi connectivity index (χ3n) is 3.10. The zero-order chi connectivity index (χ0) is 13.2. The summed E-state index contributed by atoms with van der Waals surface area (Å²) in [5.41, 5.74) is 1.69. The van der Waals surface area contributed by atoms with Crippen molar-refractivity contribution in [2.24, 2.45) is 0 Å². The van der Waals surface area contributed by atoms with E-state index in [9.17, 15) is 13.2 Å². The molecule has 0 radical (unpaired) electrons. The third kappa shape index (κ3) is 3.10. The molecular weight excluding hydrogens is 250 g/mol. The summed E-state index contributed by atoms with van der Waals surface area (Å²) in [7, 11) is -2.91. The Morgan fingerprint density at radius 3 is 2.72 bits per heavy atom. The van der Waals surface area contributed by atoms with Gasteiger partial charge in [-0.25, -0.2) is 8.42 Å². The van der Waals surface area contributed by atoms with Crippen LogP contribution >= 0.6 is 0 Å². The van der Waals surface area contributed by atoms with Gasteiger partial charge in [-0.2, -0.15) is 0 Å². The van der Waals surface area contributed by atoms with Crippen molar-refractivity contribution in [2.45, 2.75) is 12.8 Å². The number of benzene rings is 1. The number of carbonyl (C=O) groups excluding carboxylic acids is 1. The average Bonchev–Trinajstić information content (AvgIpc) is 2.31. The molecule has 0 spiro atoms. The summed E-state index contributed by atoms with van der Waals surface area (Å²) in [5.74, 6) is 0.365. The van der Waals surface area contributed by atoms with Crippen LogP contribution in [0.25, 0.3) is 0 Å². The number of nitrogens with zero attached hydrogens (tertiary/aromatic N) is 1. The Hall–Kier alpha value is -1.36. The minimum absolute atomic E-state index is 0.171. The molecule has 18 heavy (non-hydrogen) atoms. The molecule has 0 amide bonds. The summed E-state index contributed by atoms with van der Waals surface area (Å²) in [6.07, 6.45) is 2.36. The normalized spacial score (nSPS) is 15.6. The standard InChI is InChI=1S/C13H17NO3S/c1-18(16,17)10-4-8-14-9-7-13(15)11-5-2-3-6-12(11)14/h2-3,5-6H,4,7-10H2,1H3. The van der Waals surface area contributed by atoms with Crippen LogP contribution in [0, 0.1) is 0 Å².